The SMILES string of the molecule is O=C(CNC(=O)C(F)(F)C1(O)CCC1)Nc1cccc(F)c1. The molecule has 0 spiro atoms. The molecule has 2 rings (SSSR count). The lowest BCUT2D eigenvalue weighted by Crippen LogP contribution is -2.61. The molecule has 0 radical (unpaired) electrons. The van der Waals surface area contributed by atoms with Gasteiger partial charge in [0.1, 0.15) is 11.4 Å². The highest BCUT2D eigenvalue weighted by Crippen LogP contribution is 2.44. The Kier molecular flexibility index (Phi) is 4.41. The summed E-state index contributed by atoms with van der Waals surface area (Å²) in [6, 6.07) is 5.00. The first-order valence-corrected chi connectivity index (χ1v) is 6.68. The highest BCUT2D eigenvalue weighted by Gasteiger charge is 2.61. The van der Waals surface area contributed by atoms with Gasteiger partial charge in [-0.1, -0.05) is 6.07 Å². The lowest BCUT2D eigenvalue weighted by molar-refractivity contribution is -0.215. The number of benzene rings is 1. The van der Waals surface area contributed by atoms with Crippen LogP contribution in [0.25, 0.3) is 0 Å². The van der Waals surface area contributed by atoms with E-state index in [0.29, 0.717) is 6.42 Å². The minimum absolute atomic E-state index is 0.142. The van der Waals surface area contributed by atoms with Crippen molar-refractivity contribution in [2.24, 2.45) is 0 Å². The van der Waals surface area contributed by atoms with Crippen molar-refractivity contribution >= 4 is 17.5 Å². The van der Waals surface area contributed by atoms with Gasteiger partial charge in [0.05, 0.1) is 6.54 Å². The van der Waals surface area contributed by atoms with Crippen LogP contribution in [0.15, 0.2) is 24.3 Å². The largest absolute Gasteiger partial charge is 0.383 e. The van der Waals surface area contributed by atoms with Gasteiger partial charge in [-0.15, -0.1) is 0 Å². The summed E-state index contributed by atoms with van der Waals surface area (Å²) in [6.45, 7) is -0.707. The van der Waals surface area contributed by atoms with Crippen LogP contribution in [-0.4, -0.2) is 35.0 Å². The zero-order valence-electron chi connectivity index (χ0n) is 11.5. The van der Waals surface area contributed by atoms with Crippen LogP contribution in [0.2, 0.25) is 0 Å². The van der Waals surface area contributed by atoms with Crippen LogP contribution in [0.1, 0.15) is 19.3 Å². The van der Waals surface area contributed by atoms with Crippen molar-refractivity contribution in [3.05, 3.63) is 30.1 Å². The quantitative estimate of drug-likeness (QED) is 0.769. The molecule has 22 heavy (non-hydrogen) atoms. The molecule has 1 aromatic carbocycles. The maximum absolute atomic E-state index is 13.7. The van der Waals surface area contributed by atoms with Gasteiger partial charge in [0.15, 0.2) is 0 Å². The van der Waals surface area contributed by atoms with Crippen LogP contribution in [0.3, 0.4) is 0 Å². The highest BCUT2D eigenvalue weighted by atomic mass is 19.3. The van der Waals surface area contributed by atoms with Crippen LogP contribution >= 0.6 is 0 Å². The molecule has 3 N–H and O–H groups in total. The number of alkyl halides is 2. The fourth-order valence-corrected chi connectivity index (χ4v) is 2.08. The first-order chi connectivity index (χ1) is 10.2. The van der Waals surface area contributed by atoms with Crippen molar-refractivity contribution in [1.29, 1.82) is 0 Å². The van der Waals surface area contributed by atoms with Gasteiger partial charge >= 0.3 is 5.92 Å². The summed E-state index contributed by atoms with van der Waals surface area (Å²) < 4.78 is 40.4. The van der Waals surface area contributed by atoms with Crippen LogP contribution < -0.4 is 10.6 Å². The lowest BCUT2D eigenvalue weighted by atomic mass is 9.75. The minimum atomic E-state index is -3.95. The van der Waals surface area contributed by atoms with Gasteiger partial charge in [0.25, 0.3) is 5.91 Å². The molecule has 0 aromatic heterocycles. The molecule has 1 aliphatic rings. The molecule has 5 nitrogen and oxygen atoms in total. The third kappa shape index (κ3) is 3.22. The standard InChI is InChI=1S/C14H15F3N2O3/c15-9-3-1-4-10(7-9)19-11(20)8-18-12(21)14(16,17)13(22)5-2-6-13/h1,3-4,7,22H,2,5-6,8H2,(H,18,21)(H,19,20). The van der Waals surface area contributed by atoms with Gasteiger partial charge in [-0.3, -0.25) is 9.59 Å². The van der Waals surface area contributed by atoms with Crippen molar-refractivity contribution in [3.8, 4) is 0 Å². The molecule has 0 heterocycles. The number of amides is 2. The lowest BCUT2D eigenvalue weighted by Gasteiger charge is -2.41. The Labute approximate surface area is 124 Å². The summed E-state index contributed by atoms with van der Waals surface area (Å²) in [5.74, 6) is -7.01. The molecule has 1 aliphatic carbocycles. The Hall–Kier alpha value is -2.09. The average molecular weight is 316 g/mol. The van der Waals surface area contributed by atoms with E-state index in [9.17, 15) is 27.9 Å². The van der Waals surface area contributed by atoms with E-state index in [0.717, 1.165) is 6.07 Å². The third-order valence-electron chi connectivity index (χ3n) is 3.57. The zero-order chi connectivity index (χ0) is 16.4. The van der Waals surface area contributed by atoms with Crippen LogP contribution in [0.4, 0.5) is 18.9 Å². The number of aliphatic hydroxyl groups is 1. The Morgan fingerprint density at radius 2 is 2.00 bits per heavy atom. The van der Waals surface area contributed by atoms with E-state index in [1.54, 1.807) is 5.32 Å². The maximum Gasteiger partial charge on any atom is 0.352 e. The smallest absolute Gasteiger partial charge is 0.352 e. The van der Waals surface area contributed by atoms with E-state index in [2.05, 4.69) is 5.32 Å². The maximum atomic E-state index is 13.7. The normalized spacial score (nSPS) is 16.5. The average Bonchev–Trinajstić information content (AvgIpc) is 2.41. The van der Waals surface area contributed by atoms with Crippen LogP contribution in [-0.2, 0) is 9.59 Å². The van der Waals surface area contributed by atoms with E-state index < -0.39 is 35.7 Å². The molecular formula is C14H15F3N2O3. The van der Waals surface area contributed by atoms with Gasteiger partial charge in [-0.05, 0) is 37.5 Å². The molecule has 8 heteroatoms. The molecule has 0 aliphatic heterocycles. The van der Waals surface area contributed by atoms with Crippen LogP contribution in [0, 0.1) is 5.82 Å². The van der Waals surface area contributed by atoms with E-state index in [-0.39, 0.29) is 18.5 Å². The fourth-order valence-electron chi connectivity index (χ4n) is 2.08. The molecule has 1 saturated carbocycles. The monoisotopic (exact) mass is 316 g/mol. The molecule has 120 valence electrons. The number of anilines is 1. The second-order valence-electron chi connectivity index (χ2n) is 5.20. The molecular weight excluding hydrogens is 301 g/mol. The highest BCUT2D eigenvalue weighted by molar-refractivity contribution is 5.95. The number of carbonyl (C=O) groups is 2. The summed E-state index contributed by atoms with van der Waals surface area (Å²) in [5, 5.41) is 13.6. The fraction of sp³-hybridized carbons (Fsp3) is 0.429. The Balaban J connectivity index is 1.87. The van der Waals surface area contributed by atoms with E-state index in [4.69, 9.17) is 0 Å². The van der Waals surface area contributed by atoms with Gasteiger partial charge in [-0.2, -0.15) is 8.78 Å². The summed E-state index contributed by atoms with van der Waals surface area (Å²) in [4.78, 5) is 23.0. The van der Waals surface area contributed by atoms with Crippen molar-refractivity contribution in [2.45, 2.75) is 30.8 Å². The number of hydrogen-bond donors (Lipinski definition) is 3. The first-order valence-electron chi connectivity index (χ1n) is 6.68. The summed E-state index contributed by atoms with van der Waals surface area (Å²) >= 11 is 0. The first kappa shape index (κ1) is 16.3. The molecule has 2 amide bonds. The van der Waals surface area contributed by atoms with Crippen molar-refractivity contribution < 1.29 is 27.9 Å². The van der Waals surface area contributed by atoms with E-state index >= 15 is 0 Å². The second-order valence-corrected chi connectivity index (χ2v) is 5.20. The van der Waals surface area contributed by atoms with Gasteiger partial charge in [0, 0.05) is 5.69 Å². The number of hydrogen-bond acceptors (Lipinski definition) is 3. The summed E-state index contributed by atoms with van der Waals surface area (Å²) in [5.41, 5.74) is -2.19. The second kappa shape index (κ2) is 5.96. The van der Waals surface area contributed by atoms with E-state index in [1.807, 2.05) is 0 Å². The molecule has 1 fully saturated rings. The van der Waals surface area contributed by atoms with Crippen molar-refractivity contribution in [3.63, 3.8) is 0 Å². The molecule has 1 aromatic rings. The summed E-state index contributed by atoms with van der Waals surface area (Å²) in [6.07, 6.45) is 0.0885. The van der Waals surface area contributed by atoms with Gasteiger partial charge in [0.2, 0.25) is 5.91 Å². The molecule has 0 bridgehead atoms. The van der Waals surface area contributed by atoms with Gasteiger partial charge < -0.3 is 15.7 Å². The predicted molar refractivity (Wildman–Crippen MR) is 71.8 cm³/mol. The third-order valence-corrected chi connectivity index (χ3v) is 3.57. The number of halogens is 3. The predicted octanol–water partition coefficient (Wildman–Crippen LogP) is 1.43. The number of nitrogens with one attached hydrogen (secondary N) is 2. The zero-order valence-corrected chi connectivity index (χ0v) is 11.5. The van der Waals surface area contributed by atoms with Crippen LogP contribution in [0.5, 0.6) is 0 Å². The minimum Gasteiger partial charge on any atom is -0.383 e. The molecule has 0 atom stereocenters. The van der Waals surface area contributed by atoms with Crippen molar-refractivity contribution in [1.82, 2.24) is 5.32 Å². The Morgan fingerprint density at radius 1 is 1.32 bits per heavy atom. The Bertz CT molecular complexity index is 588. The molecule has 0 unspecified atom stereocenters. The van der Waals surface area contributed by atoms with Crippen molar-refractivity contribution in [2.75, 3.05) is 11.9 Å². The summed E-state index contributed by atoms with van der Waals surface area (Å²) in [7, 11) is 0. The van der Waals surface area contributed by atoms with E-state index in [1.165, 1.54) is 18.2 Å². The number of rotatable bonds is 5. The Morgan fingerprint density at radius 3 is 2.55 bits per heavy atom. The topological polar surface area (TPSA) is 78.4 Å². The molecule has 0 saturated heterocycles. The number of carbonyl (C=O) groups excluding carboxylic acids is 2. The van der Waals surface area contributed by atoms with Gasteiger partial charge in [-0.25, -0.2) is 4.39 Å².